The van der Waals surface area contributed by atoms with Gasteiger partial charge < -0.3 is 5.32 Å². The Balaban J connectivity index is 1.62. The van der Waals surface area contributed by atoms with E-state index < -0.39 is 6.17 Å². The van der Waals surface area contributed by atoms with Gasteiger partial charge in [0.05, 0.1) is 0 Å². The zero-order valence-electron chi connectivity index (χ0n) is 6.85. The van der Waals surface area contributed by atoms with Crippen molar-refractivity contribution in [1.29, 1.82) is 0 Å². The Morgan fingerprint density at radius 1 is 1.18 bits per heavy atom. The first kappa shape index (κ1) is 7.53. The van der Waals surface area contributed by atoms with Gasteiger partial charge in [-0.3, -0.25) is 0 Å². The van der Waals surface area contributed by atoms with Gasteiger partial charge in [0.2, 0.25) is 0 Å². The van der Waals surface area contributed by atoms with Gasteiger partial charge in [-0.05, 0) is 44.6 Å². The highest BCUT2D eigenvalue weighted by Gasteiger charge is 2.26. The molecule has 0 aromatic rings. The molecule has 1 nitrogen and oxygen atoms in total. The average molecular weight is 157 g/mol. The van der Waals surface area contributed by atoms with Crippen LogP contribution in [0.2, 0.25) is 0 Å². The first-order valence-corrected chi connectivity index (χ1v) is 4.72. The Morgan fingerprint density at radius 3 is 2.55 bits per heavy atom. The highest BCUT2D eigenvalue weighted by Crippen LogP contribution is 2.29. The third-order valence-corrected chi connectivity index (χ3v) is 2.76. The molecule has 2 heteroatoms. The molecule has 2 aliphatic rings. The quantitative estimate of drug-likeness (QED) is 0.659. The molecule has 0 aromatic carbocycles. The molecule has 2 aliphatic carbocycles. The molecule has 64 valence electrons. The van der Waals surface area contributed by atoms with Gasteiger partial charge in [0.1, 0.15) is 6.17 Å². The van der Waals surface area contributed by atoms with E-state index in [1.807, 2.05) is 0 Å². The maximum Gasteiger partial charge on any atom is 0.102 e. The summed E-state index contributed by atoms with van der Waals surface area (Å²) < 4.78 is 12.7. The van der Waals surface area contributed by atoms with Crippen molar-refractivity contribution >= 4 is 0 Å². The highest BCUT2D eigenvalue weighted by molar-refractivity contribution is 4.83. The lowest BCUT2D eigenvalue weighted by atomic mass is 10.2. The van der Waals surface area contributed by atoms with E-state index in [-0.39, 0.29) is 0 Å². The fraction of sp³-hybridized carbons (Fsp3) is 1.00. The van der Waals surface area contributed by atoms with Gasteiger partial charge in [-0.25, -0.2) is 4.39 Å². The van der Waals surface area contributed by atoms with Crippen LogP contribution >= 0.6 is 0 Å². The van der Waals surface area contributed by atoms with Crippen LogP contribution in [-0.2, 0) is 0 Å². The van der Waals surface area contributed by atoms with Crippen molar-refractivity contribution in [2.45, 2.75) is 44.3 Å². The van der Waals surface area contributed by atoms with Crippen molar-refractivity contribution in [2.75, 3.05) is 6.54 Å². The van der Waals surface area contributed by atoms with Gasteiger partial charge in [-0.1, -0.05) is 0 Å². The van der Waals surface area contributed by atoms with Gasteiger partial charge in [0, 0.05) is 6.04 Å². The van der Waals surface area contributed by atoms with Gasteiger partial charge in [-0.2, -0.15) is 0 Å². The molecule has 1 N–H and O–H groups in total. The Hall–Kier alpha value is -0.110. The summed E-state index contributed by atoms with van der Waals surface area (Å²) in [6.45, 7) is 1.14. The van der Waals surface area contributed by atoms with Crippen LogP contribution in [0.5, 0.6) is 0 Å². The summed E-state index contributed by atoms with van der Waals surface area (Å²) in [5, 5.41) is 3.43. The molecule has 2 unspecified atom stereocenters. The van der Waals surface area contributed by atoms with Crippen LogP contribution in [0.1, 0.15) is 32.1 Å². The van der Waals surface area contributed by atoms with E-state index in [4.69, 9.17) is 0 Å². The van der Waals surface area contributed by atoms with Crippen LogP contribution in [-0.4, -0.2) is 18.8 Å². The SMILES string of the molecule is FC1CCC(NCC2CC2)C1. The normalized spacial score (nSPS) is 37.9. The zero-order valence-corrected chi connectivity index (χ0v) is 6.85. The molecule has 0 heterocycles. The number of halogens is 1. The van der Waals surface area contributed by atoms with Crippen molar-refractivity contribution in [3.63, 3.8) is 0 Å². The smallest absolute Gasteiger partial charge is 0.102 e. The molecular formula is C9H16FN. The third-order valence-electron chi connectivity index (χ3n) is 2.76. The van der Waals surface area contributed by atoms with Gasteiger partial charge in [0.15, 0.2) is 0 Å². The van der Waals surface area contributed by atoms with E-state index in [1.54, 1.807) is 0 Å². The fourth-order valence-electron chi connectivity index (χ4n) is 1.77. The molecular weight excluding hydrogens is 141 g/mol. The molecule has 2 atom stereocenters. The van der Waals surface area contributed by atoms with Gasteiger partial charge >= 0.3 is 0 Å². The lowest BCUT2D eigenvalue weighted by molar-refractivity contribution is 0.333. The summed E-state index contributed by atoms with van der Waals surface area (Å²) in [6, 6.07) is 0.491. The standard InChI is InChI=1S/C9H16FN/c10-8-3-4-9(5-8)11-6-7-1-2-7/h7-9,11H,1-6H2. The number of nitrogens with one attached hydrogen (secondary N) is 1. The number of alkyl halides is 1. The highest BCUT2D eigenvalue weighted by atomic mass is 19.1. The summed E-state index contributed by atoms with van der Waals surface area (Å²) >= 11 is 0. The van der Waals surface area contributed by atoms with E-state index in [0.717, 1.165) is 31.7 Å². The second kappa shape index (κ2) is 3.10. The number of rotatable bonds is 3. The van der Waals surface area contributed by atoms with E-state index >= 15 is 0 Å². The van der Waals surface area contributed by atoms with Gasteiger partial charge in [0.25, 0.3) is 0 Å². The predicted molar refractivity (Wildman–Crippen MR) is 43.3 cm³/mol. The topological polar surface area (TPSA) is 12.0 Å². The molecule has 0 radical (unpaired) electrons. The predicted octanol–water partition coefficient (Wildman–Crippen LogP) is 1.88. The fourth-order valence-corrected chi connectivity index (χ4v) is 1.77. The van der Waals surface area contributed by atoms with Crippen molar-refractivity contribution in [2.24, 2.45) is 5.92 Å². The van der Waals surface area contributed by atoms with Gasteiger partial charge in [-0.15, -0.1) is 0 Å². The Labute approximate surface area is 67.4 Å². The van der Waals surface area contributed by atoms with Crippen LogP contribution in [0.3, 0.4) is 0 Å². The van der Waals surface area contributed by atoms with Crippen LogP contribution in [0.15, 0.2) is 0 Å². The second-order valence-corrected chi connectivity index (χ2v) is 3.96. The maximum absolute atomic E-state index is 12.7. The molecule has 0 saturated heterocycles. The molecule has 0 aliphatic heterocycles. The van der Waals surface area contributed by atoms with Crippen LogP contribution in [0, 0.1) is 5.92 Å². The second-order valence-electron chi connectivity index (χ2n) is 3.96. The lowest BCUT2D eigenvalue weighted by Crippen LogP contribution is -2.28. The molecule has 0 amide bonds. The van der Waals surface area contributed by atoms with Crippen molar-refractivity contribution in [3.05, 3.63) is 0 Å². The molecule has 2 fully saturated rings. The van der Waals surface area contributed by atoms with E-state index in [1.165, 1.54) is 12.8 Å². The summed E-state index contributed by atoms with van der Waals surface area (Å²) in [5.41, 5.74) is 0. The van der Waals surface area contributed by atoms with Crippen molar-refractivity contribution in [1.82, 2.24) is 5.32 Å². The minimum absolute atomic E-state index is 0.491. The summed E-state index contributed by atoms with van der Waals surface area (Å²) in [6.07, 6.45) is 4.84. The van der Waals surface area contributed by atoms with Crippen molar-refractivity contribution < 1.29 is 4.39 Å². The summed E-state index contributed by atoms with van der Waals surface area (Å²) in [7, 11) is 0. The minimum atomic E-state index is -0.522. The molecule has 2 rings (SSSR count). The third kappa shape index (κ3) is 2.16. The molecule has 0 spiro atoms. The Morgan fingerprint density at radius 2 is 2.00 bits per heavy atom. The van der Waals surface area contributed by atoms with Crippen LogP contribution < -0.4 is 5.32 Å². The molecule has 2 saturated carbocycles. The zero-order chi connectivity index (χ0) is 7.68. The lowest BCUT2D eigenvalue weighted by Gasteiger charge is -2.10. The number of hydrogen-bond acceptors (Lipinski definition) is 1. The first-order valence-electron chi connectivity index (χ1n) is 4.72. The summed E-state index contributed by atoms with van der Waals surface area (Å²) in [4.78, 5) is 0. The van der Waals surface area contributed by atoms with Crippen LogP contribution in [0.4, 0.5) is 4.39 Å². The monoisotopic (exact) mass is 157 g/mol. The summed E-state index contributed by atoms with van der Waals surface area (Å²) in [5.74, 6) is 0.925. The molecule has 0 bridgehead atoms. The Kier molecular flexibility index (Phi) is 2.12. The average Bonchev–Trinajstić information content (AvgIpc) is 2.72. The van der Waals surface area contributed by atoms with Crippen molar-refractivity contribution in [3.8, 4) is 0 Å². The van der Waals surface area contributed by atoms with E-state index in [0.29, 0.717) is 6.04 Å². The largest absolute Gasteiger partial charge is 0.314 e. The maximum atomic E-state index is 12.7. The first-order chi connectivity index (χ1) is 5.34. The van der Waals surface area contributed by atoms with Crippen LogP contribution in [0.25, 0.3) is 0 Å². The van der Waals surface area contributed by atoms with E-state index in [9.17, 15) is 4.39 Å². The molecule has 0 aromatic heterocycles. The number of hydrogen-bond donors (Lipinski definition) is 1. The molecule has 11 heavy (non-hydrogen) atoms. The Bertz CT molecular complexity index is 134. The van der Waals surface area contributed by atoms with E-state index in [2.05, 4.69) is 5.32 Å². The minimum Gasteiger partial charge on any atom is -0.314 e.